The molecule has 1 aromatic carbocycles. The Labute approximate surface area is 341 Å². The first kappa shape index (κ1) is 44.3. The van der Waals surface area contributed by atoms with Crippen molar-refractivity contribution < 1.29 is 48.7 Å². The van der Waals surface area contributed by atoms with Crippen LogP contribution in [0.2, 0.25) is 0 Å². The van der Waals surface area contributed by atoms with E-state index in [-0.39, 0.29) is 45.0 Å². The number of carbonyl (C=O) groups excluding carboxylic acids is 3. The van der Waals surface area contributed by atoms with Gasteiger partial charge in [-0.25, -0.2) is 0 Å². The van der Waals surface area contributed by atoms with Gasteiger partial charge in [0.25, 0.3) is 5.91 Å². The largest absolute Gasteiger partial charge is 0.507 e. The van der Waals surface area contributed by atoms with Gasteiger partial charge in [-0.1, -0.05) is 52.3 Å². The number of phenolic OH excluding ortho intramolecular Hbond substituents is 1. The summed E-state index contributed by atoms with van der Waals surface area (Å²) >= 11 is 0. The fourth-order valence-corrected chi connectivity index (χ4v) is 8.50. The molecule has 0 radical (unpaired) electrons. The highest BCUT2D eigenvalue weighted by molar-refractivity contribution is 6.33. The number of aliphatic hydroxyl groups is 2. The number of methoxy groups -OCH3 is 1. The van der Waals surface area contributed by atoms with Gasteiger partial charge in [-0.15, -0.1) is 0 Å². The van der Waals surface area contributed by atoms with Gasteiger partial charge in [-0.2, -0.15) is 0 Å². The van der Waals surface area contributed by atoms with Crippen LogP contribution >= 0.6 is 0 Å². The van der Waals surface area contributed by atoms with E-state index in [1.165, 1.54) is 20.3 Å². The van der Waals surface area contributed by atoms with E-state index in [0.717, 1.165) is 25.5 Å². The molecule has 4 bridgehead atoms. The molecule has 0 saturated heterocycles. The quantitative estimate of drug-likeness (QED) is 0.163. The highest BCUT2D eigenvalue weighted by atomic mass is 16.7. The monoisotopic (exact) mass is 804 g/mol. The third kappa shape index (κ3) is 8.79. The number of rotatable bonds is 3. The lowest BCUT2D eigenvalue weighted by atomic mass is 9.78. The lowest BCUT2D eigenvalue weighted by Crippen LogP contribution is -2.46. The summed E-state index contributed by atoms with van der Waals surface area (Å²) in [7, 11) is 1.50. The van der Waals surface area contributed by atoms with E-state index in [1.54, 1.807) is 72.8 Å². The van der Waals surface area contributed by atoms with E-state index in [9.17, 15) is 29.7 Å². The number of hydrogen-bond donors (Lipinski definition) is 6. The average molecular weight is 805 g/mol. The zero-order valence-electron chi connectivity index (χ0n) is 35.3. The number of fused-ring (bicyclic) bond motifs is 17. The van der Waals surface area contributed by atoms with E-state index >= 15 is 0 Å². The van der Waals surface area contributed by atoms with Crippen molar-refractivity contribution in [3.63, 3.8) is 0 Å². The lowest BCUT2D eigenvalue weighted by Gasteiger charge is -2.38. The van der Waals surface area contributed by atoms with Crippen LogP contribution < -0.4 is 15.4 Å². The SMILES string of the molecule is CO[C@H]1/C=C/OC(C)(C)Oc2c(C)c(O)c3c(c2C=N)C2=NC4(CCCCC4)NC2=C(NC(=O)/C(C)=C\C=C\[C@H](C)[C@H](O)[C@@H](C)[C@@H](O)[C@@H](C)[C@H](OC(C)=O)[C@@H]1C)C3=O. The number of allylic oxidation sites excluding steroid dienone is 4. The summed E-state index contributed by atoms with van der Waals surface area (Å²) in [5, 5.41) is 49.6. The van der Waals surface area contributed by atoms with Gasteiger partial charge in [-0.05, 0) is 45.6 Å². The molecule has 8 atom stereocenters. The minimum Gasteiger partial charge on any atom is -0.507 e. The lowest BCUT2D eigenvalue weighted by molar-refractivity contribution is -0.160. The molecular formula is C44H60N4O10. The predicted molar refractivity (Wildman–Crippen MR) is 219 cm³/mol. The Balaban J connectivity index is 1.67. The highest BCUT2D eigenvalue weighted by Gasteiger charge is 2.47. The molecule has 6 N–H and O–H groups in total. The van der Waals surface area contributed by atoms with Crippen LogP contribution in [0.5, 0.6) is 11.5 Å². The normalized spacial score (nSPS) is 32.2. The number of aromatic hydroxyl groups is 1. The first-order chi connectivity index (χ1) is 27.3. The second kappa shape index (κ2) is 17.6. The first-order valence-corrected chi connectivity index (χ1v) is 20.1. The number of ketones is 1. The maximum absolute atomic E-state index is 14.5. The number of nitrogens with one attached hydrogen (secondary N) is 3. The molecule has 5 aliphatic rings. The van der Waals surface area contributed by atoms with Crippen molar-refractivity contribution in [2.24, 2.45) is 28.7 Å². The number of nitrogens with zero attached hydrogens (tertiary/aromatic N) is 1. The van der Waals surface area contributed by atoms with Crippen molar-refractivity contribution in [1.29, 1.82) is 5.41 Å². The summed E-state index contributed by atoms with van der Waals surface area (Å²) in [4.78, 5) is 45.8. The molecule has 1 aromatic rings. The summed E-state index contributed by atoms with van der Waals surface area (Å²) in [5.74, 6) is -5.70. The van der Waals surface area contributed by atoms with E-state index in [0.29, 0.717) is 24.3 Å². The second-order valence-electron chi connectivity index (χ2n) is 16.7. The average Bonchev–Trinajstić information content (AvgIpc) is 3.54. The number of benzene rings is 1. The number of carbonyl (C=O) groups is 3. The van der Waals surface area contributed by atoms with E-state index in [1.807, 2.05) is 6.92 Å². The minimum atomic E-state index is -1.41. The van der Waals surface area contributed by atoms with Gasteiger partial charge in [0.2, 0.25) is 11.6 Å². The molecule has 6 rings (SSSR count). The van der Waals surface area contributed by atoms with E-state index in [2.05, 4.69) is 10.6 Å². The number of esters is 1. The number of amides is 1. The molecule has 58 heavy (non-hydrogen) atoms. The Kier molecular flexibility index (Phi) is 13.4. The van der Waals surface area contributed by atoms with E-state index < -0.39 is 77.2 Å². The molecule has 1 spiro atoms. The van der Waals surface area contributed by atoms with Crippen molar-refractivity contribution in [2.45, 2.75) is 130 Å². The van der Waals surface area contributed by atoms with Crippen LogP contribution in [-0.2, 0) is 23.8 Å². The fraction of sp³-hybridized carbons (Fsp3) is 0.568. The van der Waals surface area contributed by atoms with Crippen LogP contribution in [0.1, 0.15) is 115 Å². The van der Waals surface area contributed by atoms with Gasteiger partial charge in [0, 0.05) is 80.0 Å². The fourth-order valence-electron chi connectivity index (χ4n) is 8.50. The number of aliphatic hydroxyl groups excluding tert-OH is 2. The zero-order valence-corrected chi connectivity index (χ0v) is 35.3. The van der Waals surface area contributed by atoms with Gasteiger partial charge < -0.3 is 50.3 Å². The highest BCUT2D eigenvalue weighted by Crippen LogP contribution is 2.46. The van der Waals surface area contributed by atoms with Gasteiger partial charge in [0.1, 0.15) is 29.0 Å². The van der Waals surface area contributed by atoms with Crippen LogP contribution in [0.4, 0.5) is 0 Å². The number of aliphatic imine (C=N–C) groups is 1. The minimum absolute atomic E-state index is 0.0660. The summed E-state index contributed by atoms with van der Waals surface area (Å²) in [6.45, 7) is 14.8. The summed E-state index contributed by atoms with van der Waals surface area (Å²) in [6.07, 6.45) is 9.59. The molecule has 1 amide bonds. The Bertz CT molecular complexity index is 1960. The van der Waals surface area contributed by atoms with Crippen LogP contribution in [0.3, 0.4) is 0 Å². The van der Waals surface area contributed by atoms with Crippen LogP contribution in [0.25, 0.3) is 0 Å². The Hall–Kier alpha value is -4.79. The Morgan fingerprint density at radius 2 is 1.66 bits per heavy atom. The summed E-state index contributed by atoms with van der Waals surface area (Å²) in [5.41, 5.74) is 0.588. The maximum Gasteiger partial charge on any atom is 0.302 e. The molecule has 316 valence electrons. The topological polar surface area (TPSA) is 209 Å². The molecule has 3 heterocycles. The molecular weight excluding hydrogens is 745 g/mol. The molecule has 1 saturated carbocycles. The van der Waals surface area contributed by atoms with Crippen LogP contribution in [0, 0.1) is 36.0 Å². The standard InChI is InChI=1S/C44H60N4O10/c1-22-15-14-16-23(2)42(54)46-35-34-33(47-44(48-34)18-12-11-13-19-44)31-29(21-45)41(27(6)38(52)32(31)39(35)53)58-43(8,9)56-20-17-30(55-10)24(3)40(57-28(7)49)26(5)37(51)25(4)36(22)50/h14-17,20-22,24-26,30,36-37,40,45,48,50-52H,11-13,18-19H2,1-10H3,(H,46,54)/b15-14+,20-17+,23-16-,45-21?/t22-,24+,25+,26+,30-,36-,37+,40+/m0/s1. The number of hydrogen-bond acceptors (Lipinski definition) is 13. The number of ether oxygens (including phenoxy) is 4. The van der Waals surface area contributed by atoms with Gasteiger partial charge in [0.05, 0.1) is 41.5 Å². The van der Waals surface area contributed by atoms with Crippen LogP contribution in [0.15, 0.2) is 52.5 Å². The van der Waals surface area contributed by atoms with Gasteiger partial charge >= 0.3 is 5.97 Å². The van der Waals surface area contributed by atoms with Crippen molar-refractivity contribution >= 4 is 29.6 Å². The number of phenols is 1. The van der Waals surface area contributed by atoms with Crippen molar-refractivity contribution in [2.75, 3.05) is 7.11 Å². The molecule has 2 aliphatic carbocycles. The van der Waals surface area contributed by atoms with Crippen molar-refractivity contribution in [3.8, 4) is 11.5 Å². The third-order valence-corrected chi connectivity index (χ3v) is 12.0. The first-order valence-electron chi connectivity index (χ1n) is 20.1. The molecule has 0 aromatic heterocycles. The third-order valence-electron chi connectivity index (χ3n) is 12.0. The van der Waals surface area contributed by atoms with Crippen molar-refractivity contribution in [3.05, 3.63) is 69.8 Å². The molecule has 14 nitrogen and oxygen atoms in total. The molecule has 0 unspecified atom stereocenters. The molecule has 14 heteroatoms. The van der Waals surface area contributed by atoms with Crippen LogP contribution in [-0.4, -0.2) is 87.9 Å². The summed E-state index contributed by atoms with van der Waals surface area (Å²) < 4.78 is 24.1. The molecule has 3 aliphatic heterocycles. The molecule has 1 fully saturated rings. The van der Waals surface area contributed by atoms with Gasteiger partial charge in [-0.3, -0.25) is 19.4 Å². The maximum atomic E-state index is 14.5. The van der Waals surface area contributed by atoms with Crippen molar-refractivity contribution in [1.82, 2.24) is 10.6 Å². The Morgan fingerprint density at radius 1 is 0.983 bits per heavy atom. The number of Topliss-reactive ketones (excluding diaryl/α,β-unsaturated/α-hetero) is 1. The smallest absolute Gasteiger partial charge is 0.302 e. The van der Waals surface area contributed by atoms with E-state index in [4.69, 9.17) is 29.3 Å². The Morgan fingerprint density at radius 3 is 2.28 bits per heavy atom. The zero-order chi connectivity index (χ0) is 42.9. The predicted octanol–water partition coefficient (Wildman–Crippen LogP) is 5.65. The summed E-state index contributed by atoms with van der Waals surface area (Å²) in [6, 6.07) is 0. The van der Waals surface area contributed by atoms with Gasteiger partial charge in [0.15, 0.2) is 0 Å². The second-order valence-corrected chi connectivity index (χ2v) is 16.7.